The van der Waals surface area contributed by atoms with Crippen molar-refractivity contribution in [3.05, 3.63) is 66.1 Å². The molecule has 0 saturated carbocycles. The largest absolute Gasteiger partial charge is 0.385 e. The Bertz CT molecular complexity index is 1100. The molecule has 1 aromatic heterocycles. The third kappa shape index (κ3) is 3.66. The SMILES string of the molecule is C[C@@H](C(=O)N1CCC(O)(c2ccc(S(=O)O)cc2)CC1)n1ccc2c(F)cccc21. The molecule has 1 saturated heterocycles. The van der Waals surface area contributed by atoms with Crippen LogP contribution in [-0.2, 0) is 21.5 Å². The minimum absolute atomic E-state index is 0.0789. The molecule has 2 aromatic carbocycles. The maximum atomic E-state index is 14.0. The molecular formula is C22H23FN2O4S. The van der Waals surface area contributed by atoms with E-state index < -0.39 is 22.7 Å². The first-order chi connectivity index (χ1) is 14.3. The van der Waals surface area contributed by atoms with Gasteiger partial charge in [-0.3, -0.25) is 4.79 Å². The molecule has 2 heterocycles. The van der Waals surface area contributed by atoms with Crippen LogP contribution in [0.5, 0.6) is 0 Å². The van der Waals surface area contributed by atoms with E-state index in [0.717, 1.165) is 0 Å². The smallest absolute Gasteiger partial charge is 0.245 e. The monoisotopic (exact) mass is 430 g/mol. The van der Waals surface area contributed by atoms with E-state index in [2.05, 4.69) is 0 Å². The van der Waals surface area contributed by atoms with Crippen LogP contribution in [0.15, 0.2) is 59.6 Å². The van der Waals surface area contributed by atoms with E-state index in [1.807, 2.05) is 0 Å². The molecule has 2 N–H and O–H groups in total. The van der Waals surface area contributed by atoms with Crippen LogP contribution in [0.4, 0.5) is 4.39 Å². The molecule has 1 aliphatic rings. The second kappa shape index (κ2) is 7.94. The minimum atomic E-state index is -2.06. The summed E-state index contributed by atoms with van der Waals surface area (Å²) in [4.78, 5) is 15.1. The molecule has 4 rings (SSSR count). The Morgan fingerprint density at radius 1 is 1.13 bits per heavy atom. The lowest BCUT2D eigenvalue weighted by atomic mass is 9.84. The summed E-state index contributed by atoms with van der Waals surface area (Å²) in [6.07, 6.45) is 2.46. The van der Waals surface area contributed by atoms with Crippen LogP contribution in [0.1, 0.15) is 31.4 Å². The molecule has 6 nitrogen and oxygen atoms in total. The Morgan fingerprint density at radius 2 is 1.80 bits per heavy atom. The summed E-state index contributed by atoms with van der Waals surface area (Å²) in [5, 5.41) is 11.5. The fraction of sp³-hybridized carbons (Fsp3) is 0.318. The summed E-state index contributed by atoms with van der Waals surface area (Å²) in [5.41, 5.74) is 0.258. The lowest BCUT2D eigenvalue weighted by Crippen LogP contribution is -2.47. The van der Waals surface area contributed by atoms with Crippen LogP contribution in [0, 0.1) is 5.82 Å². The van der Waals surface area contributed by atoms with Crippen LogP contribution < -0.4 is 0 Å². The van der Waals surface area contributed by atoms with Crippen molar-refractivity contribution in [2.75, 3.05) is 13.1 Å². The topological polar surface area (TPSA) is 82.8 Å². The van der Waals surface area contributed by atoms with Crippen LogP contribution in [-0.4, -0.2) is 42.3 Å². The van der Waals surface area contributed by atoms with Crippen molar-refractivity contribution in [1.82, 2.24) is 9.47 Å². The molecule has 1 aliphatic heterocycles. The predicted octanol–water partition coefficient (Wildman–Crippen LogP) is 3.43. The van der Waals surface area contributed by atoms with Crippen LogP contribution in [0.25, 0.3) is 10.9 Å². The molecule has 0 bridgehead atoms. The Morgan fingerprint density at radius 3 is 2.43 bits per heavy atom. The Kier molecular flexibility index (Phi) is 5.48. The summed E-state index contributed by atoms with van der Waals surface area (Å²) >= 11 is -2.06. The molecule has 30 heavy (non-hydrogen) atoms. The maximum Gasteiger partial charge on any atom is 0.245 e. The Hall–Kier alpha value is -2.55. The highest BCUT2D eigenvalue weighted by atomic mass is 32.2. The van der Waals surface area contributed by atoms with Crippen molar-refractivity contribution >= 4 is 27.9 Å². The van der Waals surface area contributed by atoms with E-state index in [1.165, 1.54) is 18.2 Å². The van der Waals surface area contributed by atoms with Gasteiger partial charge < -0.3 is 19.1 Å². The number of aromatic nitrogens is 1. The van der Waals surface area contributed by atoms with Gasteiger partial charge in [0.1, 0.15) is 11.9 Å². The normalized spacial score (nSPS) is 18.3. The second-order valence-corrected chi connectivity index (χ2v) is 8.67. The van der Waals surface area contributed by atoms with Gasteiger partial charge >= 0.3 is 0 Å². The number of piperidine rings is 1. The van der Waals surface area contributed by atoms with Gasteiger partial charge in [0, 0.05) is 24.7 Å². The molecule has 1 unspecified atom stereocenters. The zero-order valence-electron chi connectivity index (χ0n) is 16.5. The quantitative estimate of drug-likeness (QED) is 0.622. The van der Waals surface area contributed by atoms with Crippen LogP contribution >= 0.6 is 0 Å². The van der Waals surface area contributed by atoms with E-state index in [9.17, 15) is 18.5 Å². The van der Waals surface area contributed by atoms with E-state index in [1.54, 1.807) is 52.9 Å². The third-order valence-corrected chi connectivity index (χ3v) is 6.66. The zero-order chi connectivity index (χ0) is 21.5. The molecular weight excluding hydrogens is 407 g/mol. The fourth-order valence-corrected chi connectivity index (χ4v) is 4.51. The summed E-state index contributed by atoms with van der Waals surface area (Å²) < 4.78 is 36.0. The number of carbonyl (C=O) groups is 1. The Labute approximate surface area is 176 Å². The number of carbonyl (C=O) groups excluding carboxylic acids is 1. The number of hydrogen-bond acceptors (Lipinski definition) is 3. The van der Waals surface area contributed by atoms with Crippen molar-refractivity contribution in [2.24, 2.45) is 0 Å². The van der Waals surface area contributed by atoms with Gasteiger partial charge in [0.2, 0.25) is 5.91 Å². The van der Waals surface area contributed by atoms with Gasteiger partial charge in [0.25, 0.3) is 0 Å². The molecule has 2 atom stereocenters. The van der Waals surface area contributed by atoms with E-state index in [0.29, 0.717) is 42.4 Å². The first-order valence-corrected chi connectivity index (χ1v) is 10.9. The first-order valence-electron chi connectivity index (χ1n) is 9.78. The van der Waals surface area contributed by atoms with Gasteiger partial charge in [-0.05, 0) is 55.7 Å². The number of amides is 1. The van der Waals surface area contributed by atoms with Gasteiger partial charge in [-0.15, -0.1) is 0 Å². The maximum absolute atomic E-state index is 14.0. The zero-order valence-corrected chi connectivity index (χ0v) is 17.3. The van der Waals surface area contributed by atoms with Gasteiger partial charge in [0.05, 0.1) is 16.0 Å². The van der Waals surface area contributed by atoms with E-state index >= 15 is 0 Å². The van der Waals surface area contributed by atoms with Crippen LogP contribution in [0.2, 0.25) is 0 Å². The van der Waals surface area contributed by atoms with E-state index in [4.69, 9.17) is 4.55 Å². The molecule has 0 spiro atoms. The number of hydrogen-bond donors (Lipinski definition) is 2. The number of rotatable bonds is 4. The van der Waals surface area contributed by atoms with Crippen molar-refractivity contribution in [3.8, 4) is 0 Å². The minimum Gasteiger partial charge on any atom is -0.385 e. The van der Waals surface area contributed by atoms with Crippen molar-refractivity contribution in [3.63, 3.8) is 0 Å². The van der Waals surface area contributed by atoms with Crippen LogP contribution in [0.3, 0.4) is 0 Å². The number of aliphatic hydroxyl groups is 1. The third-order valence-electron chi connectivity index (χ3n) is 5.98. The molecule has 8 heteroatoms. The number of nitrogens with zero attached hydrogens (tertiary/aromatic N) is 2. The van der Waals surface area contributed by atoms with Gasteiger partial charge in [-0.1, -0.05) is 18.2 Å². The van der Waals surface area contributed by atoms with E-state index in [-0.39, 0.29) is 16.6 Å². The highest BCUT2D eigenvalue weighted by Gasteiger charge is 2.36. The standard InChI is InChI=1S/C22H23FN2O4S/c1-15(25-12-9-18-19(23)3-2-4-20(18)25)21(26)24-13-10-22(27,11-14-24)16-5-7-17(8-6-16)30(28)29/h2-9,12,15,27H,10-11,13-14H2,1H3,(H,28,29)/t15-/m0/s1. The van der Waals surface area contributed by atoms with Gasteiger partial charge in [-0.2, -0.15) is 0 Å². The van der Waals surface area contributed by atoms with Crippen molar-refractivity contribution in [1.29, 1.82) is 0 Å². The lowest BCUT2D eigenvalue weighted by Gasteiger charge is -2.39. The highest BCUT2D eigenvalue weighted by Crippen LogP contribution is 2.34. The fourth-order valence-electron chi connectivity index (χ4n) is 4.14. The number of benzene rings is 2. The molecule has 0 aliphatic carbocycles. The number of halogens is 1. The lowest BCUT2D eigenvalue weighted by molar-refractivity contribution is -0.138. The number of likely N-dealkylation sites (tertiary alicyclic amines) is 1. The van der Waals surface area contributed by atoms with Gasteiger partial charge in [-0.25, -0.2) is 8.60 Å². The highest BCUT2D eigenvalue weighted by molar-refractivity contribution is 7.79. The summed E-state index contributed by atoms with van der Waals surface area (Å²) in [6.45, 7) is 2.57. The first kappa shape index (κ1) is 20.7. The average Bonchev–Trinajstić information content (AvgIpc) is 3.19. The molecule has 3 aromatic rings. The molecule has 0 radical (unpaired) electrons. The molecule has 1 amide bonds. The average molecular weight is 431 g/mol. The molecule has 1 fully saturated rings. The second-order valence-electron chi connectivity index (χ2n) is 7.70. The molecule has 158 valence electrons. The predicted molar refractivity (Wildman–Crippen MR) is 112 cm³/mol. The summed E-state index contributed by atoms with van der Waals surface area (Å²) in [7, 11) is 0. The van der Waals surface area contributed by atoms with Gasteiger partial charge in [0.15, 0.2) is 11.1 Å². The Balaban J connectivity index is 1.47. The number of fused-ring (bicyclic) bond motifs is 1. The van der Waals surface area contributed by atoms with Crippen molar-refractivity contribution in [2.45, 2.75) is 36.3 Å². The summed E-state index contributed by atoms with van der Waals surface area (Å²) in [6, 6.07) is 12.4. The summed E-state index contributed by atoms with van der Waals surface area (Å²) in [5.74, 6) is -0.394. The van der Waals surface area contributed by atoms with Crippen molar-refractivity contribution < 1.29 is 23.1 Å².